The first-order chi connectivity index (χ1) is 27.5. The van der Waals surface area contributed by atoms with E-state index in [9.17, 15) is 4.79 Å². The maximum Gasteiger partial charge on any atom is 0.333 e. The number of hydrogen-bond acceptors (Lipinski definition) is 12. The lowest BCUT2D eigenvalue weighted by Crippen LogP contribution is -2.54. The normalized spacial score (nSPS) is 24.0. The quantitative estimate of drug-likeness (QED) is 0.161. The Kier molecular flexibility index (Phi) is 9.32. The molecule has 0 spiro atoms. The number of pyridine rings is 2. The lowest BCUT2D eigenvalue weighted by Gasteiger charge is -2.42. The third-order valence-corrected chi connectivity index (χ3v) is 12.7. The summed E-state index contributed by atoms with van der Waals surface area (Å²) in [7, 11) is 0. The van der Waals surface area contributed by atoms with Crippen molar-refractivity contribution in [3.63, 3.8) is 0 Å². The molecule has 5 aliphatic heterocycles. The fourth-order valence-electron chi connectivity index (χ4n) is 8.87. The molecular weight excluding hydrogens is 729 g/mol. The number of urea groups is 1. The van der Waals surface area contributed by atoms with E-state index in [0.717, 1.165) is 80.2 Å². The van der Waals surface area contributed by atoms with Crippen LogP contribution in [-0.4, -0.2) is 73.7 Å². The van der Waals surface area contributed by atoms with Crippen molar-refractivity contribution in [1.29, 1.82) is 0 Å². The minimum absolute atomic E-state index is 0.000501. The van der Waals surface area contributed by atoms with Gasteiger partial charge in [0.2, 0.25) is 5.13 Å². The smallest absolute Gasteiger partial charge is 0.333 e. The van der Waals surface area contributed by atoms with Gasteiger partial charge in [0.15, 0.2) is 23.7 Å². The van der Waals surface area contributed by atoms with Gasteiger partial charge in [0.25, 0.3) is 11.8 Å². The van der Waals surface area contributed by atoms with Crippen LogP contribution in [0.4, 0.5) is 9.93 Å². The number of benzene rings is 2. The van der Waals surface area contributed by atoms with Crippen LogP contribution in [0, 0.1) is 0 Å². The van der Waals surface area contributed by atoms with Crippen LogP contribution < -0.4 is 30.1 Å². The number of thiazole rings is 1. The van der Waals surface area contributed by atoms with Gasteiger partial charge in [-0.1, -0.05) is 59.9 Å². The number of ether oxygens (including phenoxy) is 4. The molecule has 14 heteroatoms. The first kappa shape index (κ1) is 35.0. The molecule has 5 aromatic rings. The summed E-state index contributed by atoms with van der Waals surface area (Å²) >= 11 is 1.62. The molecule has 2 bridgehead atoms. The minimum Gasteiger partial charge on any atom is -0.484 e. The summed E-state index contributed by atoms with van der Waals surface area (Å²) in [6.07, 6.45) is 7.88. The topological polar surface area (TPSA) is 140 Å². The predicted molar refractivity (Wildman–Crippen MR) is 209 cm³/mol. The van der Waals surface area contributed by atoms with Crippen molar-refractivity contribution in [2.75, 3.05) is 25.2 Å². The van der Waals surface area contributed by atoms with Gasteiger partial charge in [-0.25, -0.2) is 24.8 Å². The van der Waals surface area contributed by atoms with Crippen LogP contribution in [-0.2, 0) is 26.1 Å². The molecule has 3 aromatic heterocycles. The van der Waals surface area contributed by atoms with E-state index in [1.807, 2.05) is 24.3 Å². The molecule has 13 nitrogen and oxygen atoms in total. The number of amides is 2. The fraction of sp³-hybridized carbons (Fsp3) is 0.381. The number of nitrogens with zero attached hydrogens (tertiary/aromatic N) is 6. The second-order valence-corrected chi connectivity index (χ2v) is 16.4. The molecule has 2 saturated heterocycles. The van der Waals surface area contributed by atoms with Crippen molar-refractivity contribution in [3.8, 4) is 23.3 Å². The number of carbonyl (C=O) groups excluding carboxylic acids is 1. The molecule has 0 aliphatic carbocycles. The van der Waals surface area contributed by atoms with E-state index in [1.165, 1.54) is 16.0 Å². The Morgan fingerprint density at radius 3 is 2.00 bits per heavy atom. The van der Waals surface area contributed by atoms with Crippen LogP contribution in [0.15, 0.2) is 85.2 Å². The molecule has 0 radical (unpaired) electrons. The number of carbonyl (C=O) groups is 1. The zero-order valence-corrected chi connectivity index (χ0v) is 31.8. The molecule has 56 heavy (non-hydrogen) atoms. The Morgan fingerprint density at radius 2 is 1.41 bits per heavy atom. The summed E-state index contributed by atoms with van der Waals surface area (Å²) in [6, 6.07) is 25.0. The predicted octanol–water partition coefficient (Wildman–Crippen LogP) is 6.42. The summed E-state index contributed by atoms with van der Waals surface area (Å²) in [4.78, 5) is 32.8. The van der Waals surface area contributed by atoms with Crippen molar-refractivity contribution in [3.05, 3.63) is 118 Å². The van der Waals surface area contributed by atoms with E-state index >= 15 is 0 Å². The standard InChI is InChI=1S/C42H44N8O5S/c43-41(51)50(32-19-30-13-14-31(20-32)49(30)22-27-7-11-29(12-8-27)37-25-53-35-4-2-17-45-40(35)55-37)47-42-46-33-15-18-48(23-38(33)56-42)21-26-5-9-28(10-6-26)36-24-52-34-3-1-16-44-39(34)54-36/h1-12,16-17,30-32,36-37H,13-15,18-25H2,(H2,43,51)(H,46,47)/t30?,31?,32?,36-,37-/m1/s1. The molecule has 2 unspecified atom stereocenters. The number of nitrogens with one attached hydrogen (secondary N) is 1. The van der Waals surface area contributed by atoms with Crippen LogP contribution in [0.1, 0.15) is 70.7 Å². The van der Waals surface area contributed by atoms with E-state index in [-0.39, 0.29) is 18.2 Å². The number of primary amides is 1. The van der Waals surface area contributed by atoms with Gasteiger partial charge in [-0.3, -0.25) is 15.2 Å². The zero-order chi connectivity index (χ0) is 37.6. The first-order valence-corrected chi connectivity index (χ1v) is 20.3. The Hall–Kier alpha value is -5.44. The average molecular weight is 773 g/mol. The third-order valence-electron chi connectivity index (χ3n) is 11.7. The van der Waals surface area contributed by atoms with Gasteiger partial charge in [-0.15, -0.1) is 0 Å². The van der Waals surface area contributed by atoms with E-state index < -0.39 is 6.03 Å². The van der Waals surface area contributed by atoms with Crippen LogP contribution in [0.3, 0.4) is 0 Å². The van der Waals surface area contributed by atoms with Crippen molar-refractivity contribution in [2.45, 2.75) is 82.1 Å². The Balaban J connectivity index is 0.734. The highest BCUT2D eigenvalue weighted by molar-refractivity contribution is 7.15. The number of fused-ring (bicyclic) bond motifs is 5. The maximum atomic E-state index is 12.9. The van der Waals surface area contributed by atoms with Crippen LogP contribution >= 0.6 is 11.3 Å². The summed E-state index contributed by atoms with van der Waals surface area (Å²) in [5, 5.41) is 2.38. The van der Waals surface area contributed by atoms with Gasteiger partial charge in [0.05, 0.1) is 11.7 Å². The fourth-order valence-corrected chi connectivity index (χ4v) is 9.91. The summed E-state index contributed by atoms with van der Waals surface area (Å²) in [5.74, 6) is 2.44. The van der Waals surface area contributed by atoms with Crippen molar-refractivity contribution in [2.24, 2.45) is 5.73 Å². The number of hydrazine groups is 1. The molecule has 8 heterocycles. The minimum atomic E-state index is -0.464. The second kappa shape index (κ2) is 14.9. The van der Waals surface area contributed by atoms with Crippen molar-refractivity contribution in [1.82, 2.24) is 29.8 Å². The van der Waals surface area contributed by atoms with E-state index in [0.29, 0.717) is 48.6 Å². The van der Waals surface area contributed by atoms with Crippen molar-refractivity contribution < 1.29 is 23.7 Å². The maximum absolute atomic E-state index is 12.9. The van der Waals surface area contributed by atoms with Crippen LogP contribution in [0.2, 0.25) is 0 Å². The highest BCUT2D eigenvalue weighted by atomic mass is 32.1. The summed E-state index contributed by atoms with van der Waals surface area (Å²) in [6.45, 7) is 4.35. The Morgan fingerprint density at radius 1 is 0.821 bits per heavy atom. The molecular formula is C42H44N8O5S. The average Bonchev–Trinajstić information content (AvgIpc) is 3.73. The number of aromatic nitrogens is 3. The molecule has 2 amide bonds. The monoisotopic (exact) mass is 772 g/mol. The van der Waals surface area contributed by atoms with Gasteiger partial charge in [-0.05, 0) is 72.2 Å². The summed E-state index contributed by atoms with van der Waals surface area (Å²) in [5.41, 5.74) is 15.1. The molecule has 10 rings (SSSR count). The van der Waals surface area contributed by atoms with Crippen LogP contribution in [0.25, 0.3) is 0 Å². The van der Waals surface area contributed by atoms with Gasteiger partial charge < -0.3 is 24.7 Å². The van der Waals surface area contributed by atoms with E-state index in [4.69, 9.17) is 29.7 Å². The highest BCUT2D eigenvalue weighted by Crippen LogP contribution is 2.40. The number of rotatable bonds is 9. The molecule has 0 saturated carbocycles. The highest BCUT2D eigenvalue weighted by Gasteiger charge is 2.43. The number of piperidine rings is 1. The Bertz CT molecular complexity index is 2190. The van der Waals surface area contributed by atoms with Gasteiger partial charge in [-0.2, -0.15) is 0 Å². The Labute approximate surface area is 329 Å². The molecule has 2 fully saturated rings. The molecule has 3 N–H and O–H groups in total. The molecule has 4 atom stereocenters. The van der Waals surface area contributed by atoms with E-state index in [2.05, 4.69) is 73.7 Å². The number of nitrogens with two attached hydrogens (primary N) is 1. The lowest BCUT2D eigenvalue weighted by atomic mass is 9.96. The number of anilines is 1. The van der Waals surface area contributed by atoms with Gasteiger partial charge in [0.1, 0.15) is 13.2 Å². The SMILES string of the molecule is NC(=O)N(Nc1nc2c(s1)CN(Cc1ccc([C@H]3COc4cccnc4O3)cc1)CC2)C1CC2CCC(C1)N2Cc1ccc([C@H]2COc3cccnc3O2)cc1. The number of hydrogen-bond donors (Lipinski definition) is 2. The summed E-state index contributed by atoms with van der Waals surface area (Å²) < 4.78 is 24.0. The molecule has 2 aromatic carbocycles. The van der Waals surface area contributed by atoms with Crippen molar-refractivity contribution >= 4 is 22.5 Å². The van der Waals surface area contributed by atoms with Gasteiger partial charge in [0, 0.05) is 62.0 Å². The molecule has 5 aliphatic rings. The first-order valence-electron chi connectivity index (χ1n) is 19.5. The second-order valence-electron chi connectivity index (χ2n) is 15.3. The largest absolute Gasteiger partial charge is 0.484 e. The third kappa shape index (κ3) is 7.08. The van der Waals surface area contributed by atoms with Crippen LogP contribution in [0.5, 0.6) is 23.3 Å². The molecule has 288 valence electrons. The lowest BCUT2D eigenvalue weighted by molar-refractivity contribution is 0.0769. The van der Waals surface area contributed by atoms with Gasteiger partial charge >= 0.3 is 6.03 Å². The van der Waals surface area contributed by atoms with E-state index in [1.54, 1.807) is 28.7 Å². The zero-order valence-electron chi connectivity index (χ0n) is 31.0.